The number of rotatable bonds is 9. The second kappa shape index (κ2) is 8.07. The number of aromatic nitrogens is 1. The van der Waals surface area contributed by atoms with Gasteiger partial charge in [0.2, 0.25) is 10.0 Å². The van der Waals surface area contributed by atoms with E-state index >= 15 is 0 Å². The molecule has 0 bridgehead atoms. The molecular formula is C13H25N3O2S2. The lowest BCUT2D eigenvalue weighted by Gasteiger charge is -2.10. The van der Waals surface area contributed by atoms with Crippen LogP contribution in [0.3, 0.4) is 0 Å². The van der Waals surface area contributed by atoms with E-state index in [4.69, 9.17) is 0 Å². The summed E-state index contributed by atoms with van der Waals surface area (Å²) in [6.45, 7) is 5.94. The fourth-order valence-electron chi connectivity index (χ4n) is 1.97. The van der Waals surface area contributed by atoms with Gasteiger partial charge >= 0.3 is 0 Å². The number of nitrogens with zero attached hydrogens (tertiary/aromatic N) is 1. The summed E-state index contributed by atoms with van der Waals surface area (Å²) >= 11 is 1.73. The van der Waals surface area contributed by atoms with E-state index < -0.39 is 10.0 Å². The van der Waals surface area contributed by atoms with E-state index in [1.54, 1.807) is 24.0 Å². The number of nitrogens with one attached hydrogen (secondary N) is 2. The van der Waals surface area contributed by atoms with Crippen molar-refractivity contribution in [2.24, 2.45) is 5.92 Å². The third-order valence-corrected chi connectivity index (χ3v) is 5.34. The fraction of sp³-hybridized carbons (Fsp3) is 0.692. The Morgan fingerprint density at radius 2 is 2.15 bits per heavy atom. The predicted molar refractivity (Wildman–Crippen MR) is 85.6 cm³/mol. The van der Waals surface area contributed by atoms with Gasteiger partial charge in [-0.15, -0.1) is 0 Å². The molecule has 2 N–H and O–H groups in total. The summed E-state index contributed by atoms with van der Waals surface area (Å²) in [7, 11) is -1.56. The number of hydrogen-bond donors (Lipinski definition) is 2. The molecule has 0 saturated heterocycles. The van der Waals surface area contributed by atoms with Gasteiger partial charge in [0.25, 0.3) is 0 Å². The molecule has 0 saturated carbocycles. The quantitative estimate of drug-likeness (QED) is 0.724. The maximum atomic E-state index is 12.3. The Morgan fingerprint density at radius 3 is 2.70 bits per heavy atom. The van der Waals surface area contributed by atoms with Crippen molar-refractivity contribution in [3.05, 3.63) is 18.0 Å². The van der Waals surface area contributed by atoms with E-state index in [2.05, 4.69) is 10.0 Å². The molecule has 0 radical (unpaired) electrons. The molecule has 7 heteroatoms. The Balaban J connectivity index is 2.81. The zero-order valence-corrected chi connectivity index (χ0v) is 14.3. The Labute approximate surface area is 126 Å². The largest absolute Gasteiger partial charge is 0.349 e. The predicted octanol–water partition coefficient (Wildman–Crippen LogP) is 1.50. The van der Waals surface area contributed by atoms with Crippen LogP contribution in [-0.2, 0) is 23.1 Å². The Hall–Kier alpha value is -0.500. The van der Waals surface area contributed by atoms with Crippen molar-refractivity contribution in [1.29, 1.82) is 0 Å². The zero-order valence-electron chi connectivity index (χ0n) is 12.6. The summed E-state index contributed by atoms with van der Waals surface area (Å²) in [5, 5.41) is 3.05. The van der Waals surface area contributed by atoms with E-state index in [0.717, 1.165) is 18.0 Å². The van der Waals surface area contributed by atoms with Crippen molar-refractivity contribution in [1.82, 2.24) is 14.6 Å². The molecule has 116 valence electrons. The van der Waals surface area contributed by atoms with Crippen LogP contribution in [0.2, 0.25) is 0 Å². The van der Waals surface area contributed by atoms with Crippen molar-refractivity contribution in [2.75, 3.05) is 25.6 Å². The molecule has 0 spiro atoms. The Kier molecular flexibility index (Phi) is 7.08. The lowest BCUT2D eigenvalue weighted by molar-refractivity contribution is 0.562. The normalized spacial score (nSPS) is 13.6. The molecule has 0 aliphatic carbocycles. The summed E-state index contributed by atoms with van der Waals surface area (Å²) in [4.78, 5) is 0.348. The van der Waals surface area contributed by atoms with Gasteiger partial charge in [0.15, 0.2) is 0 Å². The van der Waals surface area contributed by atoms with Crippen LogP contribution >= 0.6 is 11.8 Å². The molecule has 1 atom stereocenters. The monoisotopic (exact) mass is 319 g/mol. The SMILES string of the molecule is CCn1cc(S(=O)(=O)NCC(C)CSC)cc1CNC. The van der Waals surface area contributed by atoms with Gasteiger partial charge in [-0.3, -0.25) is 0 Å². The minimum atomic E-state index is -3.41. The topological polar surface area (TPSA) is 63.1 Å². The van der Waals surface area contributed by atoms with Gasteiger partial charge < -0.3 is 9.88 Å². The molecular weight excluding hydrogens is 294 g/mol. The second-order valence-corrected chi connectivity index (χ2v) is 7.57. The highest BCUT2D eigenvalue weighted by Gasteiger charge is 2.18. The summed E-state index contributed by atoms with van der Waals surface area (Å²) in [6.07, 6.45) is 3.73. The standard InChI is InChI=1S/C13H25N3O2S2/c1-5-16-9-13(6-12(16)8-14-3)20(17,18)15-7-11(2)10-19-4/h6,9,11,14-15H,5,7-8,10H2,1-4H3. The fourth-order valence-corrected chi connectivity index (χ4v) is 3.89. The average molecular weight is 319 g/mol. The van der Waals surface area contributed by atoms with Gasteiger partial charge in [-0.05, 0) is 38.0 Å². The van der Waals surface area contributed by atoms with E-state index in [9.17, 15) is 8.42 Å². The molecule has 1 aromatic heterocycles. The first kappa shape index (κ1) is 17.6. The Bertz CT molecular complexity index is 512. The molecule has 1 aromatic rings. The Morgan fingerprint density at radius 1 is 1.45 bits per heavy atom. The summed E-state index contributed by atoms with van der Waals surface area (Å²) in [6, 6.07) is 1.74. The molecule has 0 aromatic carbocycles. The number of hydrogen-bond acceptors (Lipinski definition) is 4. The van der Waals surface area contributed by atoms with Gasteiger partial charge in [0.05, 0.1) is 4.90 Å². The van der Waals surface area contributed by atoms with Gasteiger partial charge in [-0.25, -0.2) is 13.1 Å². The highest BCUT2D eigenvalue weighted by atomic mass is 32.2. The van der Waals surface area contributed by atoms with Crippen molar-refractivity contribution >= 4 is 21.8 Å². The molecule has 0 aliphatic rings. The first-order valence-electron chi connectivity index (χ1n) is 6.76. The number of sulfonamides is 1. The van der Waals surface area contributed by atoms with Gasteiger partial charge in [-0.1, -0.05) is 6.92 Å². The van der Waals surface area contributed by atoms with Crippen LogP contribution in [0.5, 0.6) is 0 Å². The molecule has 0 fully saturated rings. The van der Waals surface area contributed by atoms with Gasteiger partial charge in [-0.2, -0.15) is 11.8 Å². The van der Waals surface area contributed by atoms with Crippen LogP contribution in [0, 0.1) is 5.92 Å². The van der Waals surface area contributed by atoms with Crippen LogP contribution in [0.1, 0.15) is 19.5 Å². The smallest absolute Gasteiger partial charge is 0.242 e. The van der Waals surface area contributed by atoms with Crippen molar-refractivity contribution < 1.29 is 8.42 Å². The van der Waals surface area contributed by atoms with E-state index in [0.29, 0.717) is 23.9 Å². The van der Waals surface area contributed by atoms with Crippen molar-refractivity contribution in [2.45, 2.75) is 31.8 Å². The molecule has 1 heterocycles. The molecule has 1 rings (SSSR count). The van der Waals surface area contributed by atoms with Gasteiger partial charge in [0.1, 0.15) is 0 Å². The maximum Gasteiger partial charge on any atom is 0.242 e. The summed E-state index contributed by atoms with van der Waals surface area (Å²) < 4.78 is 29.2. The van der Waals surface area contributed by atoms with Crippen LogP contribution in [0.25, 0.3) is 0 Å². The lowest BCUT2D eigenvalue weighted by atomic mass is 10.2. The van der Waals surface area contributed by atoms with E-state index in [1.165, 1.54) is 0 Å². The van der Waals surface area contributed by atoms with Crippen LogP contribution in [-0.4, -0.2) is 38.6 Å². The first-order valence-corrected chi connectivity index (χ1v) is 9.64. The first-order chi connectivity index (χ1) is 9.44. The van der Waals surface area contributed by atoms with E-state index in [1.807, 2.05) is 31.7 Å². The summed E-state index contributed by atoms with van der Waals surface area (Å²) in [5.41, 5.74) is 0.979. The number of thioether (sulfide) groups is 1. The minimum absolute atomic E-state index is 0.324. The van der Waals surface area contributed by atoms with Crippen LogP contribution in [0.4, 0.5) is 0 Å². The third-order valence-electron chi connectivity index (χ3n) is 3.04. The second-order valence-electron chi connectivity index (χ2n) is 4.90. The minimum Gasteiger partial charge on any atom is -0.349 e. The molecule has 20 heavy (non-hydrogen) atoms. The number of aryl methyl sites for hydroxylation is 1. The molecule has 0 amide bonds. The highest BCUT2D eigenvalue weighted by Crippen LogP contribution is 2.15. The van der Waals surface area contributed by atoms with Gasteiger partial charge in [0, 0.05) is 31.5 Å². The highest BCUT2D eigenvalue weighted by molar-refractivity contribution is 7.98. The third kappa shape index (κ3) is 4.80. The molecule has 0 aliphatic heterocycles. The average Bonchev–Trinajstić information content (AvgIpc) is 2.81. The van der Waals surface area contributed by atoms with Crippen LogP contribution < -0.4 is 10.0 Å². The summed E-state index contributed by atoms with van der Waals surface area (Å²) in [5.74, 6) is 1.27. The van der Waals surface area contributed by atoms with Crippen LogP contribution in [0.15, 0.2) is 17.2 Å². The van der Waals surface area contributed by atoms with E-state index in [-0.39, 0.29) is 0 Å². The molecule has 5 nitrogen and oxygen atoms in total. The maximum absolute atomic E-state index is 12.3. The van der Waals surface area contributed by atoms with Crippen molar-refractivity contribution in [3.63, 3.8) is 0 Å². The van der Waals surface area contributed by atoms with Crippen molar-refractivity contribution in [3.8, 4) is 0 Å². The molecule has 1 unspecified atom stereocenters. The lowest BCUT2D eigenvalue weighted by Crippen LogP contribution is -2.29. The zero-order chi connectivity index (χ0) is 15.2.